The number of fused-ring (bicyclic) bond motifs is 2. The molecule has 0 spiro atoms. The molecule has 5 aromatic rings. The molecule has 11 heteroatoms. The number of hydrogen-bond acceptors (Lipinski definition) is 8. The zero-order valence-corrected chi connectivity index (χ0v) is 24.1. The molecule has 2 aromatic heterocycles. The Morgan fingerprint density at radius 2 is 1.82 bits per heavy atom. The quantitative estimate of drug-likeness (QED) is 0.153. The van der Waals surface area contributed by atoms with Gasteiger partial charge < -0.3 is 18.6 Å². The lowest BCUT2D eigenvalue weighted by Crippen LogP contribution is -2.25. The van der Waals surface area contributed by atoms with Crippen LogP contribution in [0.1, 0.15) is 12.5 Å². The minimum absolute atomic E-state index is 0.250. The van der Waals surface area contributed by atoms with Crippen LogP contribution in [0.25, 0.3) is 33.5 Å². The summed E-state index contributed by atoms with van der Waals surface area (Å²) in [6.07, 6.45) is 0.620. The Hall–Kier alpha value is -3.96. The number of ether oxygens (including phenoxy) is 3. The van der Waals surface area contributed by atoms with E-state index in [1.807, 2.05) is 36.4 Å². The summed E-state index contributed by atoms with van der Waals surface area (Å²) >= 11 is 7.05. The van der Waals surface area contributed by atoms with Gasteiger partial charge in [0.25, 0.3) is 5.56 Å². The fourth-order valence-electron chi connectivity index (χ4n) is 3.95. The number of aromatic nitrogens is 2. The number of para-hydroxylation sites is 2. The van der Waals surface area contributed by atoms with Crippen LogP contribution in [0.15, 0.2) is 83.9 Å². The van der Waals surface area contributed by atoms with Crippen LogP contribution >= 0.6 is 31.9 Å². The Bertz CT molecular complexity index is 1780. The number of rotatable bonds is 7. The molecule has 0 aliphatic heterocycles. The first-order valence-electron chi connectivity index (χ1n) is 11.7. The zero-order valence-electron chi connectivity index (χ0n) is 21.0. The van der Waals surface area contributed by atoms with E-state index in [0.717, 1.165) is 5.39 Å². The predicted octanol–water partition coefficient (Wildman–Crippen LogP) is 6.17. The van der Waals surface area contributed by atoms with Crippen molar-refractivity contribution in [3.8, 4) is 23.1 Å². The van der Waals surface area contributed by atoms with Crippen molar-refractivity contribution in [2.24, 2.45) is 5.10 Å². The molecule has 2 heterocycles. The molecule has 0 bridgehead atoms. The van der Waals surface area contributed by atoms with Gasteiger partial charge in [0.05, 0.1) is 35.8 Å². The molecule has 0 aliphatic rings. The molecular weight excluding hydrogens is 634 g/mol. The number of esters is 1. The van der Waals surface area contributed by atoms with Crippen molar-refractivity contribution >= 4 is 65.9 Å². The molecule has 198 valence electrons. The Kier molecular flexibility index (Phi) is 7.53. The van der Waals surface area contributed by atoms with Crippen LogP contribution in [-0.2, 0) is 9.53 Å². The first kappa shape index (κ1) is 26.6. The number of hydrogen-bond donors (Lipinski definition) is 0. The molecule has 9 nitrogen and oxygen atoms in total. The summed E-state index contributed by atoms with van der Waals surface area (Å²) in [5.41, 5.74) is 1.39. The van der Waals surface area contributed by atoms with Gasteiger partial charge in [0.1, 0.15) is 5.58 Å². The van der Waals surface area contributed by atoms with E-state index in [0.29, 0.717) is 48.3 Å². The molecule has 0 unspecified atom stereocenters. The van der Waals surface area contributed by atoms with Gasteiger partial charge >= 0.3 is 5.97 Å². The third-order valence-corrected chi connectivity index (χ3v) is 8.06. The number of carbonyl (C=O) groups excluding carboxylic acids is 1. The SMILES string of the molecule is COC(=O)[C@H](C)Oc1c(OC)cc(C=Nn2c(-c3cc4ccccc4o3)nc3ccccc3c2=O)c(Br)c1Br. The number of halogens is 2. The first-order valence-corrected chi connectivity index (χ1v) is 13.3. The number of furan rings is 1. The van der Waals surface area contributed by atoms with Crippen molar-refractivity contribution in [3.63, 3.8) is 0 Å². The van der Waals surface area contributed by atoms with Gasteiger partial charge in [0, 0.05) is 15.4 Å². The maximum atomic E-state index is 13.6. The summed E-state index contributed by atoms with van der Waals surface area (Å²) in [4.78, 5) is 30.2. The van der Waals surface area contributed by atoms with E-state index >= 15 is 0 Å². The van der Waals surface area contributed by atoms with Crippen LogP contribution in [0.2, 0.25) is 0 Å². The third kappa shape index (κ3) is 5.07. The number of nitrogens with zero attached hydrogens (tertiary/aromatic N) is 3. The van der Waals surface area contributed by atoms with E-state index in [4.69, 9.17) is 23.6 Å². The summed E-state index contributed by atoms with van der Waals surface area (Å²) in [5.74, 6) is 0.748. The van der Waals surface area contributed by atoms with E-state index in [1.54, 1.807) is 31.2 Å². The van der Waals surface area contributed by atoms with Gasteiger partial charge in [0.15, 0.2) is 23.4 Å². The molecule has 0 aliphatic carbocycles. The van der Waals surface area contributed by atoms with Gasteiger partial charge in [0.2, 0.25) is 5.82 Å². The largest absolute Gasteiger partial charge is 0.493 e. The second-order valence-electron chi connectivity index (χ2n) is 8.37. The number of benzene rings is 3. The van der Waals surface area contributed by atoms with Crippen LogP contribution in [0, 0.1) is 0 Å². The fraction of sp³-hybridized carbons (Fsp3) is 0.143. The minimum Gasteiger partial charge on any atom is -0.493 e. The average molecular weight is 655 g/mol. The van der Waals surface area contributed by atoms with Gasteiger partial charge in [-0.25, -0.2) is 9.78 Å². The monoisotopic (exact) mass is 653 g/mol. The smallest absolute Gasteiger partial charge is 0.346 e. The highest BCUT2D eigenvalue weighted by Crippen LogP contribution is 2.43. The van der Waals surface area contributed by atoms with Gasteiger partial charge in [-0.2, -0.15) is 9.78 Å². The predicted molar refractivity (Wildman–Crippen MR) is 155 cm³/mol. The van der Waals surface area contributed by atoms with Gasteiger partial charge in [-0.05, 0) is 69.1 Å². The van der Waals surface area contributed by atoms with E-state index < -0.39 is 12.1 Å². The van der Waals surface area contributed by atoms with Crippen LogP contribution in [-0.4, -0.2) is 42.2 Å². The van der Waals surface area contributed by atoms with E-state index in [2.05, 4.69) is 37.0 Å². The van der Waals surface area contributed by atoms with Crippen molar-refractivity contribution < 1.29 is 23.4 Å². The van der Waals surface area contributed by atoms with Crippen LogP contribution in [0.4, 0.5) is 0 Å². The maximum absolute atomic E-state index is 13.6. The van der Waals surface area contributed by atoms with E-state index in [-0.39, 0.29) is 11.4 Å². The topological polar surface area (TPSA) is 105 Å². The van der Waals surface area contributed by atoms with Crippen molar-refractivity contribution in [1.29, 1.82) is 0 Å². The first-order chi connectivity index (χ1) is 18.8. The summed E-state index contributed by atoms with van der Waals surface area (Å²) < 4.78 is 24.3. The molecule has 0 N–H and O–H groups in total. The summed E-state index contributed by atoms with van der Waals surface area (Å²) in [5, 5.41) is 5.80. The molecule has 0 fully saturated rings. The summed E-state index contributed by atoms with van der Waals surface area (Å²) in [6.45, 7) is 1.57. The summed E-state index contributed by atoms with van der Waals surface area (Å²) in [7, 11) is 2.76. The Morgan fingerprint density at radius 1 is 1.08 bits per heavy atom. The lowest BCUT2D eigenvalue weighted by Gasteiger charge is -2.18. The molecule has 39 heavy (non-hydrogen) atoms. The van der Waals surface area contributed by atoms with E-state index in [9.17, 15) is 9.59 Å². The average Bonchev–Trinajstić information content (AvgIpc) is 3.39. The second kappa shape index (κ2) is 11.0. The highest BCUT2D eigenvalue weighted by Gasteiger charge is 2.23. The van der Waals surface area contributed by atoms with Gasteiger partial charge in [-0.15, -0.1) is 0 Å². The molecular formula is C28H21Br2N3O6. The normalized spacial score (nSPS) is 12.2. The molecule has 0 saturated carbocycles. The van der Waals surface area contributed by atoms with Gasteiger partial charge in [-0.1, -0.05) is 30.3 Å². The Morgan fingerprint density at radius 3 is 2.56 bits per heavy atom. The number of carbonyl (C=O) groups is 1. The van der Waals surface area contributed by atoms with Crippen LogP contribution < -0.4 is 15.0 Å². The van der Waals surface area contributed by atoms with E-state index in [1.165, 1.54) is 25.1 Å². The summed E-state index contributed by atoms with van der Waals surface area (Å²) in [6, 6.07) is 18.1. The Balaban J connectivity index is 1.64. The second-order valence-corrected chi connectivity index (χ2v) is 9.96. The van der Waals surface area contributed by atoms with Crippen LogP contribution in [0.5, 0.6) is 11.5 Å². The van der Waals surface area contributed by atoms with Crippen molar-refractivity contribution in [2.45, 2.75) is 13.0 Å². The van der Waals surface area contributed by atoms with Crippen molar-refractivity contribution in [1.82, 2.24) is 9.66 Å². The third-order valence-electron chi connectivity index (χ3n) is 5.92. The highest BCUT2D eigenvalue weighted by molar-refractivity contribution is 9.13. The Labute approximate surface area is 239 Å². The molecule has 0 radical (unpaired) electrons. The number of methoxy groups -OCH3 is 2. The minimum atomic E-state index is -0.875. The lowest BCUT2D eigenvalue weighted by atomic mass is 10.2. The molecule has 5 rings (SSSR count). The molecule has 1 atom stereocenters. The standard InChI is InChI=1S/C28H21Br2N3O6/c1-15(28(35)37-3)38-25-21(36-2)13-17(23(29)24(25)30)14-31-33-26(22-12-16-8-4-7-11-20(16)39-22)32-19-10-6-5-9-18(19)27(33)34/h4-15H,1-3H3/t15-/m0/s1. The fourth-order valence-corrected chi connectivity index (χ4v) is 4.87. The zero-order chi connectivity index (χ0) is 27.7. The van der Waals surface area contributed by atoms with Crippen LogP contribution in [0.3, 0.4) is 0 Å². The molecule has 0 saturated heterocycles. The molecule has 0 amide bonds. The molecule has 3 aromatic carbocycles. The van der Waals surface area contributed by atoms with Crippen molar-refractivity contribution in [3.05, 3.63) is 85.5 Å². The maximum Gasteiger partial charge on any atom is 0.346 e. The van der Waals surface area contributed by atoms with Crippen molar-refractivity contribution in [2.75, 3.05) is 14.2 Å². The highest BCUT2D eigenvalue weighted by atomic mass is 79.9. The lowest BCUT2D eigenvalue weighted by molar-refractivity contribution is -0.147. The van der Waals surface area contributed by atoms with Gasteiger partial charge in [-0.3, -0.25) is 4.79 Å².